The fraction of sp³-hybridized carbons (Fsp3) is 0.227. The van der Waals surface area contributed by atoms with Gasteiger partial charge in [-0.1, -0.05) is 18.2 Å². The summed E-state index contributed by atoms with van der Waals surface area (Å²) in [4.78, 5) is 34.4. The zero-order valence-corrected chi connectivity index (χ0v) is 16.3. The van der Waals surface area contributed by atoms with E-state index in [1.807, 2.05) is 24.3 Å². The number of aromatic nitrogens is 2. The Hall–Kier alpha value is -3.93. The van der Waals surface area contributed by atoms with Gasteiger partial charge in [0.15, 0.2) is 0 Å². The number of fused-ring (bicyclic) bond motifs is 1. The number of amides is 2. The molecule has 1 N–H and O–H groups in total. The van der Waals surface area contributed by atoms with E-state index in [0.29, 0.717) is 5.56 Å². The first-order valence-corrected chi connectivity index (χ1v) is 9.53. The second-order valence-corrected chi connectivity index (χ2v) is 7.21. The Morgan fingerprint density at radius 3 is 2.84 bits per heavy atom. The number of nitrogens with one attached hydrogen (secondary N) is 1. The van der Waals surface area contributed by atoms with Gasteiger partial charge in [-0.3, -0.25) is 19.6 Å². The number of pyridine rings is 2. The summed E-state index contributed by atoms with van der Waals surface area (Å²) in [6.45, 7) is -1.32. The van der Waals surface area contributed by atoms with Crippen LogP contribution < -0.4 is 5.32 Å². The molecule has 1 aliphatic rings. The van der Waals surface area contributed by atoms with Gasteiger partial charge in [-0.15, -0.1) is 0 Å². The van der Waals surface area contributed by atoms with Crippen LogP contribution in [-0.2, 0) is 4.79 Å². The topological polar surface area (TPSA) is 99.0 Å². The third kappa shape index (κ3) is 4.05. The summed E-state index contributed by atoms with van der Waals surface area (Å²) in [5.41, 5.74) is 2.33. The van der Waals surface area contributed by atoms with E-state index in [0.717, 1.165) is 21.4 Å². The van der Waals surface area contributed by atoms with Gasteiger partial charge in [-0.05, 0) is 23.8 Å². The van der Waals surface area contributed by atoms with Gasteiger partial charge >= 0.3 is 0 Å². The van der Waals surface area contributed by atoms with Crippen LogP contribution in [0.5, 0.6) is 0 Å². The largest absolute Gasteiger partial charge is 0.343 e. The number of halogens is 2. The quantitative estimate of drug-likeness (QED) is 0.699. The highest BCUT2D eigenvalue weighted by molar-refractivity contribution is 6.05. The highest BCUT2D eigenvalue weighted by atomic mass is 19.3. The standard InChI is InChI=1S/C22H17F2N5O2/c23-22(24)9-14(10-25)29(13-22)20(30)12-28-21(31)17-6-8-26-11-18(17)15-3-1-5-19-16(15)4-2-7-27-19/h1-8,11,14H,9,12-13H2,(H,28,31)/t14-/m0/s1. The average molecular weight is 421 g/mol. The highest BCUT2D eigenvalue weighted by Gasteiger charge is 2.47. The molecule has 7 nitrogen and oxygen atoms in total. The van der Waals surface area contributed by atoms with Crippen LogP contribution in [0.3, 0.4) is 0 Å². The Bertz CT molecular complexity index is 1200. The van der Waals surface area contributed by atoms with E-state index in [2.05, 4.69) is 15.3 Å². The third-order valence-electron chi connectivity index (χ3n) is 5.14. The number of carbonyl (C=O) groups is 2. The minimum absolute atomic E-state index is 0.280. The predicted molar refractivity (Wildman–Crippen MR) is 108 cm³/mol. The highest BCUT2D eigenvalue weighted by Crippen LogP contribution is 2.32. The smallest absolute Gasteiger partial charge is 0.268 e. The van der Waals surface area contributed by atoms with Gasteiger partial charge in [0.1, 0.15) is 6.04 Å². The minimum atomic E-state index is -3.11. The molecule has 2 aromatic heterocycles. The Morgan fingerprint density at radius 2 is 2.03 bits per heavy atom. The molecule has 0 bridgehead atoms. The van der Waals surface area contributed by atoms with E-state index in [9.17, 15) is 18.4 Å². The minimum Gasteiger partial charge on any atom is -0.343 e. The maximum absolute atomic E-state index is 13.6. The van der Waals surface area contributed by atoms with Gasteiger partial charge in [-0.25, -0.2) is 8.78 Å². The number of nitriles is 1. The van der Waals surface area contributed by atoms with Crippen molar-refractivity contribution in [3.05, 3.63) is 60.6 Å². The molecule has 0 saturated carbocycles. The normalized spacial score (nSPS) is 17.3. The molecule has 1 saturated heterocycles. The van der Waals surface area contributed by atoms with Crippen LogP contribution in [0.25, 0.3) is 22.0 Å². The number of hydrogen-bond donors (Lipinski definition) is 1. The van der Waals surface area contributed by atoms with Crippen molar-refractivity contribution in [2.24, 2.45) is 0 Å². The molecule has 9 heteroatoms. The van der Waals surface area contributed by atoms with Crippen molar-refractivity contribution in [2.45, 2.75) is 18.4 Å². The SMILES string of the molecule is N#C[C@@H]1CC(F)(F)CN1C(=O)CNC(=O)c1ccncc1-c1cccc2ncccc12. The third-order valence-corrected chi connectivity index (χ3v) is 5.14. The lowest BCUT2D eigenvalue weighted by Gasteiger charge is -2.19. The number of carbonyl (C=O) groups excluding carboxylic acids is 2. The summed E-state index contributed by atoms with van der Waals surface area (Å²) < 4.78 is 27.2. The molecular weight excluding hydrogens is 404 g/mol. The zero-order chi connectivity index (χ0) is 22.0. The molecule has 1 atom stereocenters. The van der Waals surface area contributed by atoms with Crippen LogP contribution in [0.2, 0.25) is 0 Å². The van der Waals surface area contributed by atoms with Gasteiger partial charge in [0.05, 0.1) is 30.2 Å². The van der Waals surface area contributed by atoms with Gasteiger partial charge in [0.2, 0.25) is 5.91 Å². The maximum Gasteiger partial charge on any atom is 0.268 e. The number of hydrogen-bond acceptors (Lipinski definition) is 5. The number of alkyl halides is 2. The fourth-order valence-corrected chi connectivity index (χ4v) is 3.69. The van der Waals surface area contributed by atoms with Crippen LogP contribution in [-0.4, -0.2) is 51.7 Å². The lowest BCUT2D eigenvalue weighted by Crippen LogP contribution is -2.43. The van der Waals surface area contributed by atoms with Crippen LogP contribution in [0, 0.1) is 11.3 Å². The van der Waals surface area contributed by atoms with Crippen molar-refractivity contribution < 1.29 is 18.4 Å². The monoisotopic (exact) mass is 421 g/mol. The summed E-state index contributed by atoms with van der Waals surface area (Å²) in [6, 6.07) is 11.2. The predicted octanol–water partition coefficient (Wildman–Crippen LogP) is 2.79. The summed E-state index contributed by atoms with van der Waals surface area (Å²) in [6.07, 6.45) is 3.97. The van der Waals surface area contributed by atoms with Gasteiger partial charge in [0, 0.05) is 36.0 Å². The summed E-state index contributed by atoms with van der Waals surface area (Å²) >= 11 is 0. The molecule has 0 spiro atoms. The molecular formula is C22H17F2N5O2. The second-order valence-electron chi connectivity index (χ2n) is 7.21. The lowest BCUT2D eigenvalue weighted by atomic mass is 9.97. The van der Waals surface area contributed by atoms with Crippen molar-refractivity contribution in [1.29, 1.82) is 5.26 Å². The van der Waals surface area contributed by atoms with E-state index in [4.69, 9.17) is 5.26 Å². The molecule has 1 aromatic carbocycles. The molecule has 3 aromatic rings. The summed E-state index contributed by atoms with van der Waals surface area (Å²) in [5, 5.41) is 12.4. The molecule has 1 fully saturated rings. The first-order valence-electron chi connectivity index (χ1n) is 9.53. The molecule has 0 radical (unpaired) electrons. The molecule has 2 amide bonds. The van der Waals surface area contributed by atoms with Gasteiger partial charge < -0.3 is 10.2 Å². The first-order chi connectivity index (χ1) is 14.9. The Labute approximate surface area is 176 Å². The van der Waals surface area contributed by atoms with Crippen molar-refractivity contribution in [1.82, 2.24) is 20.2 Å². The molecule has 1 aliphatic heterocycles. The van der Waals surface area contributed by atoms with Crippen molar-refractivity contribution >= 4 is 22.7 Å². The van der Waals surface area contributed by atoms with E-state index < -0.39 is 43.3 Å². The zero-order valence-electron chi connectivity index (χ0n) is 16.3. The maximum atomic E-state index is 13.6. The average Bonchev–Trinajstić information content (AvgIpc) is 3.11. The Morgan fingerprint density at radius 1 is 1.19 bits per heavy atom. The van der Waals surface area contributed by atoms with Crippen LogP contribution >= 0.6 is 0 Å². The second kappa shape index (κ2) is 8.07. The van der Waals surface area contributed by atoms with Crippen molar-refractivity contribution in [3.8, 4) is 17.2 Å². The van der Waals surface area contributed by atoms with E-state index in [1.165, 1.54) is 12.3 Å². The van der Waals surface area contributed by atoms with Crippen LogP contribution in [0.4, 0.5) is 8.78 Å². The van der Waals surface area contributed by atoms with E-state index >= 15 is 0 Å². The van der Waals surface area contributed by atoms with Crippen LogP contribution in [0.15, 0.2) is 55.0 Å². The molecule has 0 unspecified atom stereocenters. The Balaban J connectivity index is 1.56. The van der Waals surface area contributed by atoms with Crippen molar-refractivity contribution in [2.75, 3.05) is 13.1 Å². The molecule has 0 aliphatic carbocycles. The number of rotatable bonds is 4. The molecule has 31 heavy (non-hydrogen) atoms. The fourth-order valence-electron chi connectivity index (χ4n) is 3.69. The first kappa shape index (κ1) is 20.3. The van der Waals surface area contributed by atoms with E-state index in [1.54, 1.807) is 24.5 Å². The lowest BCUT2D eigenvalue weighted by molar-refractivity contribution is -0.131. The van der Waals surface area contributed by atoms with Gasteiger partial charge in [0.25, 0.3) is 11.8 Å². The molecule has 156 valence electrons. The van der Waals surface area contributed by atoms with E-state index in [-0.39, 0.29) is 5.56 Å². The van der Waals surface area contributed by atoms with Crippen LogP contribution in [0.1, 0.15) is 16.8 Å². The number of nitrogens with zero attached hydrogens (tertiary/aromatic N) is 4. The Kier molecular flexibility index (Phi) is 5.29. The van der Waals surface area contributed by atoms with Crippen molar-refractivity contribution in [3.63, 3.8) is 0 Å². The number of likely N-dealkylation sites (tertiary alicyclic amines) is 1. The van der Waals surface area contributed by atoms with Gasteiger partial charge in [-0.2, -0.15) is 5.26 Å². The molecule has 3 heterocycles. The number of benzene rings is 1. The molecule has 4 rings (SSSR count). The summed E-state index contributed by atoms with van der Waals surface area (Å²) in [7, 11) is 0. The summed E-state index contributed by atoms with van der Waals surface area (Å²) in [5.74, 6) is -4.39.